The van der Waals surface area contributed by atoms with E-state index in [2.05, 4.69) is 20.9 Å². The molecule has 0 fully saturated rings. The van der Waals surface area contributed by atoms with Gasteiger partial charge in [0.05, 0.1) is 6.26 Å². The van der Waals surface area contributed by atoms with Crippen LogP contribution in [-0.4, -0.2) is 54.8 Å². The third kappa shape index (κ3) is 11.6. The lowest BCUT2D eigenvalue weighted by molar-refractivity contribution is -0.132. The number of benzene rings is 2. The maximum absolute atomic E-state index is 13.5. The second-order valence-corrected chi connectivity index (χ2v) is 10.5. The van der Waals surface area contributed by atoms with Gasteiger partial charge in [-0.25, -0.2) is 0 Å². The van der Waals surface area contributed by atoms with Crippen molar-refractivity contribution in [3.8, 4) is 5.75 Å². The average molecular weight is 635 g/mol. The smallest absolute Gasteiger partial charge is 0.287 e. The quantitative estimate of drug-likeness (QED) is 0.0563. The van der Waals surface area contributed by atoms with E-state index in [-0.39, 0.29) is 31.1 Å². The molecule has 0 aliphatic carbocycles. The Bertz CT molecular complexity index is 1430. The number of carbonyl (C=O) groups excluding carboxylic acids is 4. The standard InChI is InChI=1S/C32H42N8O6/c33-17-5-4-10-24(38-29(42)25(11-6-18-37-32(35)36)39-31(44)26-12-7-19-45-26)30(43)40-27(28(34)41)22-13-15-23(16-14-22)46-20-21-8-2-1-3-9-21/h1-3,7-9,12-16,19,24-25,27H,4-6,10-11,17-18,20,33H2,(H2,34,41)(H,38,42)(H,39,44)(H,40,43)(H4,35,36,37)/t24-,25-,27+/m0/s1. The van der Waals surface area contributed by atoms with Crippen molar-refractivity contribution in [2.45, 2.75) is 56.8 Å². The van der Waals surface area contributed by atoms with Crippen LogP contribution in [0.1, 0.15) is 59.8 Å². The number of aliphatic imine (C=N–C) groups is 1. The Balaban J connectivity index is 1.71. The summed E-state index contributed by atoms with van der Waals surface area (Å²) in [5.41, 5.74) is 23.5. The molecule has 3 rings (SSSR count). The summed E-state index contributed by atoms with van der Waals surface area (Å²) in [6.45, 7) is 0.967. The Morgan fingerprint density at radius 1 is 0.783 bits per heavy atom. The highest BCUT2D eigenvalue weighted by molar-refractivity contribution is 5.97. The summed E-state index contributed by atoms with van der Waals surface area (Å²) in [6, 6.07) is 16.0. The van der Waals surface area contributed by atoms with Gasteiger partial charge >= 0.3 is 0 Å². The number of hydrogen-bond acceptors (Lipinski definition) is 8. The molecule has 4 amide bonds. The minimum absolute atomic E-state index is 0.0139. The zero-order valence-electron chi connectivity index (χ0n) is 25.5. The van der Waals surface area contributed by atoms with Gasteiger partial charge in [0.25, 0.3) is 5.91 Å². The normalized spacial score (nSPS) is 12.6. The van der Waals surface area contributed by atoms with E-state index in [1.165, 1.54) is 12.3 Å². The summed E-state index contributed by atoms with van der Waals surface area (Å²) in [4.78, 5) is 56.1. The summed E-state index contributed by atoms with van der Waals surface area (Å²) in [5.74, 6) is -2.17. The van der Waals surface area contributed by atoms with Crippen LogP contribution in [0.15, 0.2) is 82.4 Å². The number of ether oxygens (including phenoxy) is 1. The summed E-state index contributed by atoms with van der Waals surface area (Å²) in [5, 5.41) is 8.02. The third-order valence-corrected chi connectivity index (χ3v) is 6.92. The number of guanidine groups is 1. The number of rotatable bonds is 19. The highest BCUT2D eigenvalue weighted by Gasteiger charge is 2.30. The fourth-order valence-corrected chi connectivity index (χ4v) is 4.50. The summed E-state index contributed by atoms with van der Waals surface area (Å²) in [6.07, 6.45) is 3.18. The number of nitrogens with two attached hydrogens (primary N) is 4. The van der Waals surface area contributed by atoms with Crippen molar-refractivity contribution in [3.63, 3.8) is 0 Å². The lowest BCUT2D eigenvalue weighted by atomic mass is 10.0. The lowest BCUT2D eigenvalue weighted by Gasteiger charge is -2.25. The van der Waals surface area contributed by atoms with Gasteiger partial charge in [0.1, 0.15) is 30.5 Å². The van der Waals surface area contributed by atoms with Crippen LogP contribution in [0, 0.1) is 0 Å². The Morgan fingerprint density at radius 2 is 1.46 bits per heavy atom. The van der Waals surface area contributed by atoms with E-state index in [1.807, 2.05) is 30.3 Å². The lowest BCUT2D eigenvalue weighted by Crippen LogP contribution is -2.54. The fraction of sp³-hybridized carbons (Fsp3) is 0.344. The maximum atomic E-state index is 13.5. The zero-order chi connectivity index (χ0) is 33.3. The summed E-state index contributed by atoms with van der Waals surface area (Å²) >= 11 is 0. The highest BCUT2D eigenvalue weighted by Crippen LogP contribution is 2.20. The van der Waals surface area contributed by atoms with Crippen LogP contribution in [0.4, 0.5) is 0 Å². The molecule has 2 aromatic carbocycles. The van der Waals surface area contributed by atoms with Gasteiger partial charge in [0.2, 0.25) is 17.7 Å². The molecule has 0 saturated carbocycles. The van der Waals surface area contributed by atoms with Crippen LogP contribution in [0.3, 0.4) is 0 Å². The number of nitrogens with zero attached hydrogens (tertiary/aromatic N) is 1. The van der Waals surface area contributed by atoms with Crippen LogP contribution in [0.2, 0.25) is 0 Å². The number of nitrogens with one attached hydrogen (secondary N) is 3. The van der Waals surface area contributed by atoms with Gasteiger partial charge in [-0.1, -0.05) is 42.5 Å². The van der Waals surface area contributed by atoms with Gasteiger partial charge in [0.15, 0.2) is 11.7 Å². The molecule has 0 unspecified atom stereocenters. The number of furan rings is 1. The van der Waals surface area contributed by atoms with E-state index in [4.69, 9.17) is 32.1 Å². The zero-order valence-corrected chi connectivity index (χ0v) is 25.5. The topological polar surface area (TPSA) is 243 Å². The Labute approximate surface area is 267 Å². The van der Waals surface area contributed by atoms with Crippen molar-refractivity contribution in [2.24, 2.45) is 27.9 Å². The average Bonchev–Trinajstić information content (AvgIpc) is 3.59. The van der Waals surface area contributed by atoms with E-state index < -0.39 is 41.8 Å². The molecule has 0 spiro atoms. The molecule has 14 nitrogen and oxygen atoms in total. The Kier molecular flexibility index (Phi) is 14.1. The summed E-state index contributed by atoms with van der Waals surface area (Å²) < 4.78 is 10.9. The number of hydrogen-bond donors (Lipinski definition) is 7. The monoisotopic (exact) mass is 634 g/mol. The van der Waals surface area contributed by atoms with Gasteiger partial charge in [0, 0.05) is 6.54 Å². The van der Waals surface area contributed by atoms with E-state index in [0.717, 1.165) is 5.56 Å². The number of amides is 4. The molecule has 246 valence electrons. The van der Waals surface area contributed by atoms with E-state index in [0.29, 0.717) is 43.7 Å². The Morgan fingerprint density at radius 3 is 2.09 bits per heavy atom. The summed E-state index contributed by atoms with van der Waals surface area (Å²) in [7, 11) is 0. The predicted octanol–water partition coefficient (Wildman–Crippen LogP) is 0.967. The molecule has 3 atom stereocenters. The Hall–Kier alpha value is -5.37. The van der Waals surface area contributed by atoms with E-state index in [9.17, 15) is 19.2 Å². The van der Waals surface area contributed by atoms with Crippen molar-refractivity contribution in [3.05, 3.63) is 89.9 Å². The first kappa shape index (κ1) is 35.1. The third-order valence-electron chi connectivity index (χ3n) is 6.92. The first-order chi connectivity index (χ1) is 22.2. The number of carbonyl (C=O) groups is 4. The van der Waals surface area contributed by atoms with Gasteiger partial charge < -0.3 is 48.0 Å². The molecule has 14 heteroatoms. The minimum Gasteiger partial charge on any atom is -0.489 e. The number of primary amides is 1. The molecule has 0 aliphatic heterocycles. The van der Waals surface area contributed by atoms with Gasteiger partial charge in [-0.05, 0) is 74.0 Å². The molecule has 0 radical (unpaired) electrons. The first-order valence-corrected chi connectivity index (χ1v) is 14.9. The van der Waals surface area contributed by atoms with Crippen molar-refractivity contribution in [1.82, 2.24) is 16.0 Å². The molecule has 1 aromatic heterocycles. The van der Waals surface area contributed by atoms with E-state index >= 15 is 0 Å². The molecule has 46 heavy (non-hydrogen) atoms. The fourth-order valence-electron chi connectivity index (χ4n) is 4.50. The largest absolute Gasteiger partial charge is 0.489 e. The molecular formula is C32H42N8O6. The molecular weight excluding hydrogens is 592 g/mol. The van der Waals surface area contributed by atoms with Crippen LogP contribution in [0.5, 0.6) is 5.75 Å². The predicted molar refractivity (Wildman–Crippen MR) is 172 cm³/mol. The molecule has 3 aromatic rings. The van der Waals surface area contributed by atoms with Gasteiger partial charge in [-0.2, -0.15) is 0 Å². The van der Waals surface area contributed by atoms with Crippen LogP contribution < -0.4 is 43.6 Å². The first-order valence-electron chi connectivity index (χ1n) is 14.9. The maximum Gasteiger partial charge on any atom is 0.287 e. The molecule has 0 saturated heterocycles. The molecule has 0 aliphatic rings. The van der Waals surface area contributed by atoms with Gasteiger partial charge in [-0.15, -0.1) is 0 Å². The van der Waals surface area contributed by atoms with Crippen LogP contribution in [-0.2, 0) is 21.0 Å². The van der Waals surface area contributed by atoms with Crippen molar-refractivity contribution >= 4 is 29.6 Å². The molecule has 11 N–H and O–H groups in total. The van der Waals surface area contributed by atoms with Crippen molar-refractivity contribution < 1.29 is 28.3 Å². The van der Waals surface area contributed by atoms with E-state index in [1.54, 1.807) is 30.3 Å². The number of unbranched alkanes of at least 4 members (excludes halogenated alkanes) is 1. The van der Waals surface area contributed by atoms with Gasteiger partial charge in [-0.3, -0.25) is 24.2 Å². The molecule has 1 heterocycles. The highest BCUT2D eigenvalue weighted by atomic mass is 16.5. The minimum atomic E-state index is -1.18. The SMILES string of the molecule is NCCCC[C@H](NC(=O)[C@H](CCCN=C(N)N)NC(=O)c1ccco1)C(=O)N[C@@H](C(N)=O)c1ccc(OCc2ccccc2)cc1. The second kappa shape index (κ2) is 18.4. The second-order valence-electron chi connectivity index (χ2n) is 10.5. The van der Waals surface area contributed by atoms with Crippen molar-refractivity contribution in [1.29, 1.82) is 0 Å². The molecule has 0 bridgehead atoms. The van der Waals surface area contributed by atoms with Crippen LogP contribution >= 0.6 is 0 Å². The van der Waals surface area contributed by atoms with Crippen molar-refractivity contribution in [2.75, 3.05) is 13.1 Å². The van der Waals surface area contributed by atoms with Crippen LogP contribution in [0.25, 0.3) is 0 Å².